The van der Waals surface area contributed by atoms with E-state index in [-0.39, 0.29) is 0 Å². The summed E-state index contributed by atoms with van der Waals surface area (Å²) in [4.78, 5) is 9.55. The normalized spacial score (nSPS) is 15.7. The highest BCUT2D eigenvalue weighted by atomic mass is 32.1. The van der Waals surface area contributed by atoms with Gasteiger partial charge in [0.2, 0.25) is 0 Å². The average Bonchev–Trinajstić information content (AvgIpc) is 2.93. The number of imidazole rings is 1. The van der Waals surface area contributed by atoms with Crippen LogP contribution in [0.4, 0.5) is 0 Å². The topological polar surface area (TPSA) is 20.5 Å². The maximum Gasteiger partial charge on any atom is 0.195 e. The predicted molar refractivity (Wildman–Crippen MR) is 78.4 cm³/mol. The molecule has 0 N–H and O–H groups in total. The number of para-hydroxylation sites is 2. The van der Waals surface area contributed by atoms with Crippen molar-refractivity contribution in [3.63, 3.8) is 0 Å². The lowest BCUT2D eigenvalue weighted by Crippen LogP contribution is -2.30. The molecule has 1 aliphatic rings. The monoisotopic (exact) mass is 267 g/mol. The van der Waals surface area contributed by atoms with Crippen LogP contribution in [0.3, 0.4) is 0 Å². The number of benzene rings is 1. The molecule has 2 aromatic heterocycles. The largest absolute Gasteiger partial charge is 0.287 e. The van der Waals surface area contributed by atoms with Crippen LogP contribution in [0, 0.1) is 12.3 Å². The molecule has 0 amide bonds. The Labute approximate surface area is 115 Å². The fraction of sp³-hybridized carbons (Fsp3) is 0.267. The second kappa shape index (κ2) is 4.09. The summed E-state index contributed by atoms with van der Waals surface area (Å²) in [5, 5.41) is 0. The van der Waals surface area contributed by atoms with Crippen LogP contribution >= 0.6 is 11.3 Å². The number of hydrogen-bond donors (Lipinski definition) is 0. The van der Waals surface area contributed by atoms with Crippen LogP contribution < -0.4 is 0 Å². The Balaban J connectivity index is 1.90. The molecule has 0 unspecified atom stereocenters. The summed E-state index contributed by atoms with van der Waals surface area (Å²) in [7, 11) is 0. The van der Waals surface area contributed by atoms with Crippen LogP contribution in [0.2, 0.25) is 0 Å². The van der Waals surface area contributed by atoms with Gasteiger partial charge in [0.1, 0.15) is 0 Å². The van der Waals surface area contributed by atoms with E-state index in [9.17, 15) is 0 Å². The zero-order chi connectivity index (χ0) is 12.8. The molecule has 1 aliphatic heterocycles. The maximum atomic E-state index is 5.40. The summed E-state index contributed by atoms with van der Waals surface area (Å²) in [6.07, 6.45) is 6.46. The SMILES string of the molecule is C#CCN1CCc2c(sc3nc4ccccc4n23)C1. The van der Waals surface area contributed by atoms with E-state index in [1.165, 1.54) is 16.1 Å². The molecule has 19 heavy (non-hydrogen) atoms. The van der Waals surface area contributed by atoms with Crippen molar-refractivity contribution in [3.05, 3.63) is 34.8 Å². The number of fused-ring (bicyclic) bond motifs is 5. The first-order valence-corrected chi connectivity index (χ1v) is 7.22. The van der Waals surface area contributed by atoms with Crippen molar-refractivity contribution < 1.29 is 0 Å². The van der Waals surface area contributed by atoms with E-state index in [0.29, 0.717) is 0 Å². The second-order valence-electron chi connectivity index (χ2n) is 4.86. The van der Waals surface area contributed by atoms with E-state index in [4.69, 9.17) is 11.4 Å². The highest BCUT2D eigenvalue weighted by Crippen LogP contribution is 2.31. The molecule has 3 heterocycles. The van der Waals surface area contributed by atoms with E-state index < -0.39 is 0 Å². The van der Waals surface area contributed by atoms with Gasteiger partial charge in [0.25, 0.3) is 0 Å². The van der Waals surface area contributed by atoms with Crippen LogP contribution in [-0.2, 0) is 13.0 Å². The van der Waals surface area contributed by atoms with Crippen molar-refractivity contribution in [1.82, 2.24) is 14.3 Å². The van der Waals surface area contributed by atoms with E-state index >= 15 is 0 Å². The van der Waals surface area contributed by atoms with Crippen molar-refractivity contribution in [2.24, 2.45) is 0 Å². The lowest BCUT2D eigenvalue weighted by Gasteiger charge is -2.24. The van der Waals surface area contributed by atoms with Gasteiger partial charge < -0.3 is 0 Å². The molecule has 0 radical (unpaired) electrons. The molecule has 0 atom stereocenters. The molecule has 94 valence electrons. The van der Waals surface area contributed by atoms with Gasteiger partial charge in [-0.3, -0.25) is 9.30 Å². The molecule has 3 aromatic rings. The average molecular weight is 267 g/mol. The maximum absolute atomic E-state index is 5.40. The van der Waals surface area contributed by atoms with Crippen molar-refractivity contribution in [1.29, 1.82) is 0 Å². The number of terminal acetylenes is 1. The van der Waals surface area contributed by atoms with Crippen LogP contribution in [0.25, 0.3) is 16.0 Å². The molecule has 1 aromatic carbocycles. The van der Waals surface area contributed by atoms with Gasteiger partial charge in [-0.1, -0.05) is 29.4 Å². The molecule has 0 aliphatic carbocycles. The molecule has 0 fully saturated rings. The van der Waals surface area contributed by atoms with Crippen molar-refractivity contribution in [2.45, 2.75) is 13.0 Å². The van der Waals surface area contributed by atoms with Gasteiger partial charge >= 0.3 is 0 Å². The van der Waals surface area contributed by atoms with Crippen molar-refractivity contribution in [2.75, 3.05) is 13.1 Å². The summed E-state index contributed by atoms with van der Waals surface area (Å²) in [5.74, 6) is 2.73. The van der Waals surface area contributed by atoms with Gasteiger partial charge in [-0.15, -0.1) is 6.42 Å². The summed E-state index contributed by atoms with van der Waals surface area (Å²) in [6.45, 7) is 2.73. The first-order valence-electron chi connectivity index (χ1n) is 6.40. The van der Waals surface area contributed by atoms with E-state index in [2.05, 4.69) is 33.4 Å². The molecular formula is C15H13N3S. The van der Waals surface area contributed by atoms with Gasteiger partial charge in [0, 0.05) is 30.1 Å². The third-order valence-electron chi connectivity index (χ3n) is 3.68. The molecule has 0 saturated carbocycles. The summed E-state index contributed by atoms with van der Waals surface area (Å²) in [5.41, 5.74) is 3.73. The molecule has 0 bridgehead atoms. The molecular weight excluding hydrogens is 254 g/mol. The van der Waals surface area contributed by atoms with Crippen LogP contribution in [0.5, 0.6) is 0 Å². The zero-order valence-corrected chi connectivity index (χ0v) is 11.3. The summed E-state index contributed by atoms with van der Waals surface area (Å²) < 4.78 is 2.32. The molecule has 0 saturated heterocycles. The molecule has 3 nitrogen and oxygen atoms in total. The Hall–Kier alpha value is -1.83. The summed E-state index contributed by atoms with van der Waals surface area (Å²) in [6, 6.07) is 8.35. The Morgan fingerprint density at radius 3 is 3.16 bits per heavy atom. The highest BCUT2D eigenvalue weighted by Gasteiger charge is 2.22. The summed E-state index contributed by atoms with van der Waals surface area (Å²) >= 11 is 1.80. The van der Waals surface area contributed by atoms with Gasteiger partial charge in [0.05, 0.1) is 17.6 Å². The smallest absolute Gasteiger partial charge is 0.195 e. The quantitative estimate of drug-likeness (QED) is 0.632. The highest BCUT2D eigenvalue weighted by molar-refractivity contribution is 7.17. The van der Waals surface area contributed by atoms with E-state index in [1.54, 1.807) is 11.3 Å². The number of thiazole rings is 1. The van der Waals surface area contributed by atoms with Crippen molar-refractivity contribution >= 4 is 27.3 Å². The van der Waals surface area contributed by atoms with Gasteiger partial charge in [0.15, 0.2) is 4.96 Å². The minimum Gasteiger partial charge on any atom is -0.287 e. The lowest BCUT2D eigenvalue weighted by molar-refractivity contribution is 0.287. The van der Waals surface area contributed by atoms with Crippen LogP contribution in [0.1, 0.15) is 10.6 Å². The number of aromatic nitrogens is 2. The molecule has 4 rings (SSSR count). The fourth-order valence-electron chi connectivity index (χ4n) is 2.81. The number of rotatable bonds is 1. The van der Waals surface area contributed by atoms with E-state index in [1.807, 2.05) is 6.07 Å². The molecule has 4 heteroatoms. The third-order valence-corrected chi connectivity index (χ3v) is 4.75. The Kier molecular flexibility index (Phi) is 2.37. The van der Waals surface area contributed by atoms with Gasteiger partial charge in [-0.05, 0) is 12.1 Å². The Morgan fingerprint density at radius 2 is 2.26 bits per heavy atom. The predicted octanol–water partition coefficient (Wildman–Crippen LogP) is 2.54. The van der Waals surface area contributed by atoms with E-state index in [0.717, 1.165) is 36.5 Å². The lowest BCUT2D eigenvalue weighted by atomic mass is 10.1. The van der Waals surface area contributed by atoms with Gasteiger partial charge in [-0.2, -0.15) is 0 Å². The fourth-order valence-corrected chi connectivity index (χ4v) is 4.03. The Bertz CT molecular complexity index is 806. The third kappa shape index (κ3) is 1.59. The Morgan fingerprint density at radius 1 is 1.37 bits per heavy atom. The minimum absolute atomic E-state index is 0.737. The van der Waals surface area contributed by atoms with Crippen LogP contribution in [-0.4, -0.2) is 27.4 Å². The minimum atomic E-state index is 0.737. The second-order valence-corrected chi connectivity index (χ2v) is 5.92. The first-order chi connectivity index (χ1) is 9.36. The number of hydrogen-bond acceptors (Lipinski definition) is 3. The molecule has 0 spiro atoms. The van der Waals surface area contributed by atoms with Crippen molar-refractivity contribution in [3.8, 4) is 12.3 Å². The zero-order valence-electron chi connectivity index (χ0n) is 10.5. The number of nitrogens with zero attached hydrogens (tertiary/aromatic N) is 3. The van der Waals surface area contributed by atoms with Gasteiger partial charge in [-0.25, -0.2) is 4.98 Å². The first kappa shape index (κ1) is 11.0. The standard InChI is InChI=1S/C15H13N3S/c1-2-8-17-9-7-13-14(10-17)19-15-16-11-5-3-4-6-12(11)18(13)15/h1,3-6H,7-10H2. The van der Waals surface area contributed by atoms with Crippen LogP contribution in [0.15, 0.2) is 24.3 Å².